The second-order valence-electron chi connectivity index (χ2n) is 3.97. The number of hydrogen-bond acceptors (Lipinski definition) is 0. The molecule has 1 aliphatic rings. The summed E-state index contributed by atoms with van der Waals surface area (Å²) in [5.41, 5.74) is 3.12. The summed E-state index contributed by atoms with van der Waals surface area (Å²) in [6.07, 6.45) is 9.93. The molecule has 0 heterocycles. The number of rotatable bonds is 3. The summed E-state index contributed by atoms with van der Waals surface area (Å²) in [5.74, 6) is 0.843. The van der Waals surface area contributed by atoms with Gasteiger partial charge in [0.15, 0.2) is 0 Å². The van der Waals surface area contributed by atoms with Gasteiger partial charge in [-0.2, -0.15) is 0 Å². The van der Waals surface area contributed by atoms with Gasteiger partial charge < -0.3 is 0 Å². The van der Waals surface area contributed by atoms with Crippen LogP contribution in [0.3, 0.4) is 0 Å². The lowest BCUT2D eigenvalue weighted by atomic mass is 9.85. The van der Waals surface area contributed by atoms with E-state index >= 15 is 0 Å². The van der Waals surface area contributed by atoms with Gasteiger partial charge in [0.1, 0.15) is 0 Å². The van der Waals surface area contributed by atoms with Gasteiger partial charge in [0.25, 0.3) is 0 Å². The Morgan fingerprint density at radius 1 is 1.33 bits per heavy atom. The molecule has 0 bridgehead atoms. The van der Waals surface area contributed by atoms with Crippen molar-refractivity contribution in [2.45, 2.75) is 46.5 Å². The van der Waals surface area contributed by atoms with Gasteiger partial charge in [0.05, 0.1) is 0 Å². The Kier molecular flexibility index (Phi) is 3.58. The van der Waals surface area contributed by atoms with Crippen molar-refractivity contribution < 1.29 is 0 Å². The first kappa shape index (κ1) is 9.57. The average molecular weight is 164 g/mol. The Labute approximate surface area is 76.4 Å². The number of hydrogen-bond donors (Lipinski definition) is 0. The van der Waals surface area contributed by atoms with E-state index < -0.39 is 0 Å². The molecular formula is C12H20. The van der Waals surface area contributed by atoms with Crippen LogP contribution in [-0.4, -0.2) is 0 Å². The SMILES string of the molecule is CCCCC1CC(C)=CC=C1C. The number of unbranched alkanes of at least 4 members (excludes halogenated alkanes) is 1. The van der Waals surface area contributed by atoms with E-state index in [1.54, 1.807) is 11.1 Å². The van der Waals surface area contributed by atoms with E-state index in [0.29, 0.717) is 0 Å². The smallest absolute Gasteiger partial charge is 0.0166 e. The third kappa shape index (κ3) is 2.51. The molecule has 0 aliphatic heterocycles. The fourth-order valence-electron chi connectivity index (χ4n) is 1.81. The predicted octanol–water partition coefficient (Wildman–Crippen LogP) is 4.09. The zero-order valence-corrected chi connectivity index (χ0v) is 8.56. The van der Waals surface area contributed by atoms with Gasteiger partial charge in [0, 0.05) is 0 Å². The van der Waals surface area contributed by atoms with Gasteiger partial charge in [-0.05, 0) is 32.6 Å². The van der Waals surface area contributed by atoms with Crippen molar-refractivity contribution in [3.8, 4) is 0 Å². The third-order valence-electron chi connectivity index (χ3n) is 2.75. The first-order chi connectivity index (χ1) is 5.74. The summed E-state index contributed by atoms with van der Waals surface area (Å²) in [4.78, 5) is 0. The molecule has 0 N–H and O–H groups in total. The minimum absolute atomic E-state index is 0.843. The minimum atomic E-state index is 0.843. The van der Waals surface area contributed by atoms with Gasteiger partial charge in [-0.1, -0.05) is 43.1 Å². The van der Waals surface area contributed by atoms with Gasteiger partial charge >= 0.3 is 0 Å². The van der Waals surface area contributed by atoms with Crippen LogP contribution in [-0.2, 0) is 0 Å². The maximum absolute atomic E-state index is 2.29. The quantitative estimate of drug-likeness (QED) is 0.589. The van der Waals surface area contributed by atoms with Gasteiger partial charge in [0.2, 0.25) is 0 Å². The van der Waals surface area contributed by atoms with E-state index in [2.05, 4.69) is 32.9 Å². The molecule has 0 aromatic heterocycles. The zero-order valence-electron chi connectivity index (χ0n) is 8.56. The molecule has 0 aromatic rings. The van der Waals surface area contributed by atoms with Crippen LogP contribution in [0.25, 0.3) is 0 Å². The summed E-state index contributed by atoms with van der Waals surface area (Å²) in [7, 11) is 0. The molecule has 0 saturated heterocycles. The highest BCUT2D eigenvalue weighted by Gasteiger charge is 2.13. The Hall–Kier alpha value is -0.520. The van der Waals surface area contributed by atoms with Crippen LogP contribution < -0.4 is 0 Å². The molecule has 68 valence electrons. The summed E-state index contributed by atoms with van der Waals surface area (Å²) in [6.45, 7) is 6.77. The fraction of sp³-hybridized carbons (Fsp3) is 0.667. The Morgan fingerprint density at radius 3 is 2.75 bits per heavy atom. The molecule has 0 spiro atoms. The lowest BCUT2D eigenvalue weighted by molar-refractivity contribution is 0.520. The van der Waals surface area contributed by atoms with Gasteiger partial charge in [-0.25, -0.2) is 0 Å². The summed E-state index contributed by atoms with van der Waals surface area (Å²) in [6, 6.07) is 0. The molecule has 1 rings (SSSR count). The van der Waals surface area contributed by atoms with Crippen LogP contribution in [0.5, 0.6) is 0 Å². The minimum Gasteiger partial charge on any atom is -0.0727 e. The first-order valence-electron chi connectivity index (χ1n) is 5.08. The maximum Gasteiger partial charge on any atom is -0.0166 e. The van der Waals surface area contributed by atoms with Crippen molar-refractivity contribution in [2.75, 3.05) is 0 Å². The molecule has 0 fully saturated rings. The lowest BCUT2D eigenvalue weighted by Crippen LogP contribution is -2.05. The molecule has 0 amide bonds. The molecule has 0 saturated carbocycles. The average Bonchev–Trinajstić information content (AvgIpc) is 2.07. The molecule has 1 unspecified atom stereocenters. The highest BCUT2D eigenvalue weighted by atomic mass is 14.2. The van der Waals surface area contributed by atoms with Crippen molar-refractivity contribution >= 4 is 0 Å². The molecule has 0 heteroatoms. The van der Waals surface area contributed by atoms with Crippen molar-refractivity contribution in [3.63, 3.8) is 0 Å². The van der Waals surface area contributed by atoms with E-state index in [-0.39, 0.29) is 0 Å². The second kappa shape index (κ2) is 4.49. The van der Waals surface area contributed by atoms with Crippen LogP contribution in [0.1, 0.15) is 46.5 Å². The van der Waals surface area contributed by atoms with Gasteiger partial charge in [-0.3, -0.25) is 0 Å². The maximum atomic E-state index is 2.29. The van der Waals surface area contributed by atoms with Gasteiger partial charge in [-0.15, -0.1) is 0 Å². The zero-order chi connectivity index (χ0) is 8.97. The molecule has 1 atom stereocenters. The Balaban J connectivity index is 2.46. The van der Waals surface area contributed by atoms with Crippen LogP contribution in [0.4, 0.5) is 0 Å². The van der Waals surface area contributed by atoms with E-state index in [4.69, 9.17) is 0 Å². The summed E-state index contributed by atoms with van der Waals surface area (Å²) < 4.78 is 0. The van der Waals surface area contributed by atoms with Crippen LogP contribution in [0.2, 0.25) is 0 Å². The molecule has 0 radical (unpaired) electrons. The molecule has 0 aromatic carbocycles. The molecule has 0 nitrogen and oxygen atoms in total. The van der Waals surface area contributed by atoms with E-state index in [9.17, 15) is 0 Å². The van der Waals surface area contributed by atoms with Crippen LogP contribution in [0, 0.1) is 5.92 Å². The van der Waals surface area contributed by atoms with E-state index in [0.717, 1.165) is 5.92 Å². The molecular weight excluding hydrogens is 144 g/mol. The van der Waals surface area contributed by atoms with Crippen molar-refractivity contribution in [1.29, 1.82) is 0 Å². The largest absolute Gasteiger partial charge is 0.0727 e. The van der Waals surface area contributed by atoms with E-state index in [1.807, 2.05) is 0 Å². The van der Waals surface area contributed by atoms with Crippen molar-refractivity contribution in [3.05, 3.63) is 23.3 Å². The van der Waals surface area contributed by atoms with Crippen molar-refractivity contribution in [2.24, 2.45) is 5.92 Å². The monoisotopic (exact) mass is 164 g/mol. The van der Waals surface area contributed by atoms with Crippen molar-refractivity contribution in [1.82, 2.24) is 0 Å². The number of allylic oxidation sites excluding steroid dienone is 4. The van der Waals surface area contributed by atoms with E-state index in [1.165, 1.54) is 25.7 Å². The summed E-state index contributed by atoms with van der Waals surface area (Å²) >= 11 is 0. The normalized spacial score (nSPS) is 23.4. The first-order valence-corrected chi connectivity index (χ1v) is 5.08. The predicted molar refractivity (Wildman–Crippen MR) is 55.1 cm³/mol. The highest BCUT2D eigenvalue weighted by Crippen LogP contribution is 2.28. The fourth-order valence-corrected chi connectivity index (χ4v) is 1.81. The summed E-state index contributed by atoms with van der Waals surface area (Å²) in [5, 5.41) is 0. The lowest BCUT2D eigenvalue weighted by Gasteiger charge is -2.21. The van der Waals surface area contributed by atoms with Crippen LogP contribution in [0.15, 0.2) is 23.3 Å². The Morgan fingerprint density at radius 2 is 2.08 bits per heavy atom. The highest BCUT2D eigenvalue weighted by molar-refractivity contribution is 5.24. The standard InChI is InChI=1S/C12H20/c1-4-5-6-12-9-10(2)7-8-11(12)3/h7-8,12H,4-6,9H2,1-3H3. The second-order valence-corrected chi connectivity index (χ2v) is 3.97. The van der Waals surface area contributed by atoms with Crippen LogP contribution >= 0.6 is 0 Å². The molecule has 1 aliphatic carbocycles. The topological polar surface area (TPSA) is 0 Å². The molecule has 12 heavy (non-hydrogen) atoms. The third-order valence-corrected chi connectivity index (χ3v) is 2.75. The Bertz CT molecular complexity index is 196.